The molecule has 1 saturated carbocycles. The minimum absolute atomic E-state index is 0.00899. The SMILES string of the molecule is CCC(=O)Oc1cc(C(F)(F)F)cc(S(=O)(=O)N2CCN(C(=O)[C@@H]3C[C@H]3c3ccc(C(F)(F)F)cc3)CC2)c1. The van der Waals surface area contributed by atoms with Gasteiger partial charge in [-0.3, -0.25) is 9.59 Å². The van der Waals surface area contributed by atoms with Crippen LogP contribution in [0, 0.1) is 5.92 Å². The summed E-state index contributed by atoms with van der Waals surface area (Å²) in [5.41, 5.74) is -1.48. The van der Waals surface area contributed by atoms with Gasteiger partial charge in [0.05, 0.1) is 16.0 Å². The third-order valence-electron chi connectivity index (χ3n) is 6.69. The Bertz CT molecular complexity index is 1350. The first-order valence-electron chi connectivity index (χ1n) is 12.0. The Labute approximate surface area is 220 Å². The van der Waals surface area contributed by atoms with E-state index in [1.807, 2.05) is 0 Å². The van der Waals surface area contributed by atoms with Crippen LogP contribution >= 0.6 is 0 Å². The number of halogens is 6. The molecule has 1 saturated heterocycles. The molecule has 1 heterocycles. The molecule has 1 aliphatic carbocycles. The largest absolute Gasteiger partial charge is 0.426 e. The second-order valence-corrected chi connectivity index (χ2v) is 11.3. The maximum atomic E-state index is 13.4. The number of sulfonamides is 1. The summed E-state index contributed by atoms with van der Waals surface area (Å²) in [4.78, 5) is 25.3. The van der Waals surface area contributed by atoms with Gasteiger partial charge < -0.3 is 9.64 Å². The van der Waals surface area contributed by atoms with Crippen LogP contribution in [0.1, 0.15) is 42.4 Å². The molecule has 4 rings (SSSR count). The standard InChI is InChI=1S/C25H24F6N2O5S/c1-2-22(34)38-18-11-17(25(29,30)31)12-19(13-18)39(36,37)33-9-7-32(8-10-33)23(35)21-14-20(21)15-3-5-16(6-4-15)24(26,27)28/h3-6,11-13,20-21H,2,7-10,14H2,1H3/t20-,21+/m0/s1. The fraction of sp³-hybridized carbons (Fsp3) is 0.440. The van der Waals surface area contributed by atoms with E-state index in [1.165, 1.54) is 24.0 Å². The van der Waals surface area contributed by atoms with Crippen molar-refractivity contribution < 1.29 is 49.1 Å². The van der Waals surface area contributed by atoms with Crippen molar-refractivity contribution in [3.8, 4) is 5.75 Å². The predicted molar refractivity (Wildman–Crippen MR) is 125 cm³/mol. The zero-order valence-electron chi connectivity index (χ0n) is 20.6. The Kier molecular flexibility index (Phi) is 7.74. The molecule has 14 heteroatoms. The molecule has 2 fully saturated rings. The van der Waals surface area contributed by atoms with E-state index in [1.54, 1.807) is 0 Å². The molecule has 0 radical (unpaired) electrons. The lowest BCUT2D eigenvalue weighted by molar-refractivity contribution is -0.139. The number of hydrogen-bond acceptors (Lipinski definition) is 5. The summed E-state index contributed by atoms with van der Waals surface area (Å²) in [6.45, 7) is 1.07. The lowest BCUT2D eigenvalue weighted by atomic mass is 10.1. The number of amides is 1. The summed E-state index contributed by atoms with van der Waals surface area (Å²) >= 11 is 0. The van der Waals surface area contributed by atoms with Gasteiger partial charge in [0, 0.05) is 44.6 Å². The van der Waals surface area contributed by atoms with Crippen molar-refractivity contribution in [2.24, 2.45) is 5.92 Å². The average molecular weight is 579 g/mol. The highest BCUT2D eigenvalue weighted by Gasteiger charge is 2.47. The summed E-state index contributed by atoms with van der Waals surface area (Å²) in [5.74, 6) is -2.32. The number of piperazine rings is 1. The van der Waals surface area contributed by atoms with Gasteiger partial charge in [0.1, 0.15) is 5.75 Å². The smallest absolute Gasteiger partial charge is 0.416 e. The first-order valence-corrected chi connectivity index (χ1v) is 13.4. The van der Waals surface area contributed by atoms with Crippen LogP contribution in [0.3, 0.4) is 0 Å². The monoisotopic (exact) mass is 578 g/mol. The summed E-state index contributed by atoms with van der Waals surface area (Å²) in [6.07, 6.45) is -9.04. The molecule has 2 aromatic carbocycles. The number of esters is 1. The molecular formula is C25H24F6N2O5S. The Morgan fingerprint density at radius 3 is 2.03 bits per heavy atom. The summed E-state index contributed by atoms with van der Waals surface area (Å²) < 4.78 is 111. The molecule has 2 aromatic rings. The number of alkyl halides is 6. The van der Waals surface area contributed by atoms with E-state index in [9.17, 15) is 44.3 Å². The van der Waals surface area contributed by atoms with Crippen molar-refractivity contribution in [3.63, 3.8) is 0 Å². The van der Waals surface area contributed by atoms with Gasteiger partial charge in [-0.1, -0.05) is 19.1 Å². The Morgan fingerprint density at radius 1 is 0.897 bits per heavy atom. The van der Waals surface area contributed by atoms with Crippen LogP contribution in [0.4, 0.5) is 26.3 Å². The molecule has 7 nitrogen and oxygen atoms in total. The second-order valence-electron chi connectivity index (χ2n) is 9.32. The van der Waals surface area contributed by atoms with Crippen LogP contribution in [0.2, 0.25) is 0 Å². The second kappa shape index (κ2) is 10.5. The number of hydrogen-bond donors (Lipinski definition) is 0. The zero-order chi connectivity index (χ0) is 28.8. The highest BCUT2D eigenvalue weighted by atomic mass is 32.2. The van der Waals surface area contributed by atoms with Crippen LogP contribution in [-0.4, -0.2) is 55.7 Å². The third kappa shape index (κ3) is 6.38. The van der Waals surface area contributed by atoms with Crippen LogP contribution in [0.25, 0.3) is 0 Å². The van der Waals surface area contributed by atoms with Crippen molar-refractivity contribution >= 4 is 21.9 Å². The van der Waals surface area contributed by atoms with E-state index in [0.29, 0.717) is 24.1 Å². The number of carbonyl (C=O) groups excluding carboxylic acids is 2. The van der Waals surface area contributed by atoms with Crippen LogP contribution in [-0.2, 0) is 32.0 Å². The van der Waals surface area contributed by atoms with Gasteiger partial charge in [-0.05, 0) is 42.2 Å². The van der Waals surface area contributed by atoms with Crippen LogP contribution in [0.15, 0.2) is 47.4 Å². The van der Waals surface area contributed by atoms with Gasteiger partial charge in [-0.15, -0.1) is 0 Å². The van der Waals surface area contributed by atoms with Crippen molar-refractivity contribution in [2.45, 2.75) is 42.9 Å². The molecule has 1 amide bonds. The molecule has 1 aliphatic heterocycles. The van der Waals surface area contributed by atoms with E-state index in [-0.39, 0.29) is 44.4 Å². The molecule has 0 bridgehead atoms. The number of carbonyl (C=O) groups is 2. The maximum absolute atomic E-state index is 13.4. The topological polar surface area (TPSA) is 84.0 Å². The minimum atomic E-state index is -4.89. The van der Waals surface area contributed by atoms with Crippen LogP contribution in [0.5, 0.6) is 5.75 Å². The summed E-state index contributed by atoms with van der Waals surface area (Å²) in [7, 11) is -4.42. The number of rotatable bonds is 6. The Balaban J connectivity index is 1.42. The summed E-state index contributed by atoms with van der Waals surface area (Å²) in [6, 6.07) is 6.47. The first kappa shape index (κ1) is 28.9. The van der Waals surface area contributed by atoms with Gasteiger partial charge in [0.25, 0.3) is 0 Å². The van der Waals surface area contributed by atoms with Crippen LogP contribution < -0.4 is 4.74 Å². The van der Waals surface area contributed by atoms with Gasteiger partial charge in [0.2, 0.25) is 15.9 Å². The Hall–Kier alpha value is -3.13. The van der Waals surface area contributed by atoms with E-state index >= 15 is 0 Å². The average Bonchev–Trinajstić information content (AvgIpc) is 3.68. The fourth-order valence-corrected chi connectivity index (χ4v) is 5.92. The van der Waals surface area contributed by atoms with Gasteiger partial charge in [0.15, 0.2) is 0 Å². The zero-order valence-corrected chi connectivity index (χ0v) is 21.4. The molecule has 0 aromatic heterocycles. The molecule has 2 aliphatic rings. The lowest BCUT2D eigenvalue weighted by Crippen LogP contribution is -2.51. The molecule has 0 unspecified atom stereocenters. The molecule has 39 heavy (non-hydrogen) atoms. The van der Waals surface area contributed by atoms with Gasteiger partial charge in [-0.2, -0.15) is 30.6 Å². The predicted octanol–water partition coefficient (Wildman–Crippen LogP) is 4.68. The van der Waals surface area contributed by atoms with Crippen molar-refractivity contribution in [1.82, 2.24) is 9.21 Å². The third-order valence-corrected chi connectivity index (χ3v) is 8.57. The fourth-order valence-electron chi connectivity index (χ4n) is 4.43. The molecule has 2 atom stereocenters. The highest BCUT2D eigenvalue weighted by Crippen LogP contribution is 2.49. The molecule has 0 spiro atoms. The van der Waals surface area contributed by atoms with Gasteiger partial charge in [-0.25, -0.2) is 8.42 Å². The Morgan fingerprint density at radius 2 is 1.49 bits per heavy atom. The molecule has 212 valence electrons. The number of ether oxygens (including phenoxy) is 1. The first-order chi connectivity index (χ1) is 18.1. The van der Waals surface area contributed by atoms with E-state index < -0.39 is 56.0 Å². The quantitative estimate of drug-likeness (QED) is 0.283. The lowest BCUT2D eigenvalue weighted by Gasteiger charge is -2.34. The van der Waals surface area contributed by atoms with Crippen molar-refractivity contribution in [3.05, 3.63) is 59.2 Å². The molecular weight excluding hydrogens is 554 g/mol. The molecule has 0 N–H and O–H groups in total. The van der Waals surface area contributed by atoms with E-state index in [0.717, 1.165) is 22.5 Å². The van der Waals surface area contributed by atoms with Crippen molar-refractivity contribution in [2.75, 3.05) is 26.2 Å². The number of nitrogens with zero attached hydrogens (tertiary/aromatic N) is 2. The van der Waals surface area contributed by atoms with E-state index in [4.69, 9.17) is 4.74 Å². The number of benzene rings is 2. The summed E-state index contributed by atoms with van der Waals surface area (Å²) in [5, 5.41) is 0. The normalized spacial score (nSPS) is 20.5. The highest BCUT2D eigenvalue weighted by molar-refractivity contribution is 7.89. The van der Waals surface area contributed by atoms with Crippen molar-refractivity contribution in [1.29, 1.82) is 0 Å². The minimum Gasteiger partial charge on any atom is -0.426 e. The van der Waals surface area contributed by atoms with E-state index in [2.05, 4.69) is 0 Å². The van der Waals surface area contributed by atoms with Gasteiger partial charge >= 0.3 is 18.3 Å². The maximum Gasteiger partial charge on any atom is 0.416 e.